The van der Waals surface area contributed by atoms with Crippen LogP contribution >= 0.6 is 0 Å². The first-order valence-corrected chi connectivity index (χ1v) is 9.99. The second-order valence-corrected chi connectivity index (χ2v) is 7.16. The Morgan fingerprint density at radius 1 is 1.11 bits per heavy atom. The largest absolute Gasteiger partial charge is 0.366 e. The third-order valence-corrected chi connectivity index (χ3v) is 5.02. The van der Waals surface area contributed by atoms with Crippen molar-refractivity contribution in [3.05, 3.63) is 59.8 Å². The van der Waals surface area contributed by atoms with Crippen LogP contribution in [0.5, 0.6) is 0 Å². The predicted molar refractivity (Wildman–Crippen MR) is 113 cm³/mol. The van der Waals surface area contributed by atoms with E-state index in [0.717, 1.165) is 26.1 Å². The fourth-order valence-corrected chi connectivity index (χ4v) is 3.08. The van der Waals surface area contributed by atoms with Gasteiger partial charge >= 0.3 is 0 Å². The number of carbonyl (C=O) groups is 1. The van der Waals surface area contributed by atoms with Gasteiger partial charge in [-0.2, -0.15) is 0 Å². The molecular formula is C22H29N5O. The zero-order chi connectivity index (χ0) is 19.8. The van der Waals surface area contributed by atoms with E-state index in [1.807, 2.05) is 29.2 Å². The Labute approximate surface area is 167 Å². The van der Waals surface area contributed by atoms with E-state index in [9.17, 15) is 4.79 Å². The number of anilines is 1. The Kier molecular flexibility index (Phi) is 7.14. The summed E-state index contributed by atoms with van der Waals surface area (Å²) in [6.45, 7) is 8.26. The molecule has 1 atom stereocenters. The van der Waals surface area contributed by atoms with Crippen LogP contribution in [0.1, 0.15) is 36.3 Å². The third kappa shape index (κ3) is 5.63. The summed E-state index contributed by atoms with van der Waals surface area (Å²) in [7, 11) is 0. The number of nitrogens with one attached hydrogen (secondary N) is 1. The average Bonchev–Trinajstić information content (AvgIpc) is 2.75. The highest BCUT2D eigenvalue weighted by molar-refractivity contribution is 5.92. The van der Waals surface area contributed by atoms with Gasteiger partial charge in [0.15, 0.2) is 5.69 Å². The Bertz CT molecular complexity index is 767. The maximum Gasteiger partial charge on any atom is 0.274 e. The molecule has 148 valence electrons. The summed E-state index contributed by atoms with van der Waals surface area (Å²) in [6, 6.07) is 14.2. The summed E-state index contributed by atoms with van der Waals surface area (Å²) in [5, 5.41) is 11.5. The molecule has 2 heterocycles. The highest BCUT2D eigenvalue weighted by atomic mass is 16.2. The molecule has 2 aromatic rings. The van der Waals surface area contributed by atoms with Crippen molar-refractivity contribution in [2.24, 2.45) is 0 Å². The first kappa shape index (κ1) is 20.0. The third-order valence-electron chi connectivity index (χ3n) is 5.02. The van der Waals surface area contributed by atoms with E-state index in [0.29, 0.717) is 30.6 Å². The van der Waals surface area contributed by atoms with Gasteiger partial charge in [-0.1, -0.05) is 49.4 Å². The van der Waals surface area contributed by atoms with Gasteiger partial charge in [0, 0.05) is 38.8 Å². The van der Waals surface area contributed by atoms with E-state index in [1.54, 1.807) is 6.07 Å². The molecule has 1 saturated heterocycles. The molecule has 6 heteroatoms. The van der Waals surface area contributed by atoms with Crippen LogP contribution in [0.4, 0.5) is 5.82 Å². The van der Waals surface area contributed by atoms with E-state index in [4.69, 9.17) is 0 Å². The fraction of sp³-hybridized carbons (Fsp3) is 0.409. The molecule has 1 aromatic heterocycles. The summed E-state index contributed by atoms with van der Waals surface area (Å²) < 4.78 is 0. The SMILES string of the molecule is CCC(C)Nc1ccc(C(=O)N2CCN(C/C=C/c3ccccc3)CC2)nn1. The highest BCUT2D eigenvalue weighted by Gasteiger charge is 2.22. The van der Waals surface area contributed by atoms with Crippen LogP contribution in [0, 0.1) is 0 Å². The lowest BCUT2D eigenvalue weighted by Crippen LogP contribution is -2.48. The second-order valence-electron chi connectivity index (χ2n) is 7.16. The Hall–Kier alpha value is -2.73. The van der Waals surface area contributed by atoms with Crippen molar-refractivity contribution in [2.45, 2.75) is 26.3 Å². The first-order valence-electron chi connectivity index (χ1n) is 9.99. The summed E-state index contributed by atoms with van der Waals surface area (Å²) in [5.74, 6) is 0.669. The zero-order valence-electron chi connectivity index (χ0n) is 16.7. The number of piperazine rings is 1. The molecule has 1 aliphatic rings. The van der Waals surface area contributed by atoms with Crippen LogP contribution in [-0.4, -0.2) is 64.7 Å². The molecule has 6 nitrogen and oxygen atoms in total. The molecule has 1 aromatic carbocycles. The van der Waals surface area contributed by atoms with E-state index in [1.165, 1.54) is 5.56 Å². The number of aromatic nitrogens is 2. The molecule has 0 radical (unpaired) electrons. The van der Waals surface area contributed by atoms with Crippen molar-refractivity contribution in [2.75, 3.05) is 38.0 Å². The van der Waals surface area contributed by atoms with Crippen LogP contribution in [0.25, 0.3) is 6.08 Å². The van der Waals surface area contributed by atoms with Crippen molar-refractivity contribution < 1.29 is 4.79 Å². The molecule has 1 unspecified atom stereocenters. The number of carbonyl (C=O) groups excluding carboxylic acids is 1. The maximum absolute atomic E-state index is 12.7. The van der Waals surface area contributed by atoms with E-state index in [-0.39, 0.29) is 5.91 Å². The van der Waals surface area contributed by atoms with Crippen LogP contribution in [0.2, 0.25) is 0 Å². The van der Waals surface area contributed by atoms with Crippen molar-refractivity contribution in [1.29, 1.82) is 0 Å². The van der Waals surface area contributed by atoms with Gasteiger partial charge in [-0.15, -0.1) is 10.2 Å². The number of nitrogens with zero attached hydrogens (tertiary/aromatic N) is 4. The standard InChI is InChI=1S/C22H29N5O/c1-3-18(2)23-21-12-11-20(24-25-21)22(28)27-16-14-26(15-17-27)13-7-10-19-8-5-4-6-9-19/h4-12,18H,3,13-17H2,1-2H3,(H,23,25)/b10-7+. The Balaban J connectivity index is 1.46. The lowest BCUT2D eigenvalue weighted by atomic mass is 10.2. The molecule has 28 heavy (non-hydrogen) atoms. The number of hydrogen-bond acceptors (Lipinski definition) is 5. The van der Waals surface area contributed by atoms with Crippen molar-refractivity contribution in [3.63, 3.8) is 0 Å². The van der Waals surface area contributed by atoms with Gasteiger partial charge in [-0.05, 0) is 31.0 Å². The van der Waals surface area contributed by atoms with Crippen molar-refractivity contribution in [1.82, 2.24) is 20.0 Å². The Morgan fingerprint density at radius 2 is 1.86 bits per heavy atom. The summed E-state index contributed by atoms with van der Waals surface area (Å²) in [6.07, 6.45) is 5.33. The Morgan fingerprint density at radius 3 is 2.50 bits per heavy atom. The van der Waals surface area contributed by atoms with Gasteiger partial charge in [0.1, 0.15) is 5.82 Å². The molecule has 1 aliphatic heterocycles. The van der Waals surface area contributed by atoms with E-state index >= 15 is 0 Å². The molecule has 0 saturated carbocycles. The lowest BCUT2D eigenvalue weighted by Gasteiger charge is -2.33. The summed E-state index contributed by atoms with van der Waals surface area (Å²) in [5.41, 5.74) is 1.62. The summed E-state index contributed by atoms with van der Waals surface area (Å²) in [4.78, 5) is 16.9. The quantitative estimate of drug-likeness (QED) is 0.801. The maximum atomic E-state index is 12.7. The number of hydrogen-bond donors (Lipinski definition) is 1. The van der Waals surface area contributed by atoms with Crippen LogP contribution in [-0.2, 0) is 0 Å². The average molecular weight is 380 g/mol. The second kappa shape index (κ2) is 9.99. The minimum atomic E-state index is -0.0398. The molecule has 3 rings (SSSR count). The topological polar surface area (TPSA) is 61.4 Å². The minimum Gasteiger partial charge on any atom is -0.366 e. The van der Waals surface area contributed by atoms with E-state index < -0.39 is 0 Å². The normalized spacial score (nSPS) is 16.3. The van der Waals surface area contributed by atoms with Gasteiger partial charge in [-0.3, -0.25) is 9.69 Å². The summed E-state index contributed by atoms with van der Waals surface area (Å²) >= 11 is 0. The lowest BCUT2D eigenvalue weighted by molar-refractivity contribution is 0.0643. The monoisotopic (exact) mass is 379 g/mol. The number of amides is 1. The minimum absolute atomic E-state index is 0.0398. The van der Waals surface area contributed by atoms with Gasteiger partial charge in [-0.25, -0.2) is 0 Å². The van der Waals surface area contributed by atoms with Crippen LogP contribution < -0.4 is 5.32 Å². The molecule has 0 spiro atoms. The number of benzene rings is 1. The van der Waals surface area contributed by atoms with Crippen molar-refractivity contribution in [3.8, 4) is 0 Å². The molecule has 0 bridgehead atoms. The molecule has 1 fully saturated rings. The molecule has 1 amide bonds. The van der Waals surface area contributed by atoms with Crippen LogP contribution in [0.15, 0.2) is 48.5 Å². The van der Waals surface area contributed by atoms with Gasteiger partial charge in [0.25, 0.3) is 5.91 Å². The van der Waals surface area contributed by atoms with Gasteiger partial charge < -0.3 is 10.2 Å². The highest BCUT2D eigenvalue weighted by Crippen LogP contribution is 2.10. The zero-order valence-corrected chi connectivity index (χ0v) is 16.7. The molecule has 1 N–H and O–H groups in total. The molecule has 0 aliphatic carbocycles. The fourth-order valence-electron chi connectivity index (χ4n) is 3.08. The smallest absolute Gasteiger partial charge is 0.274 e. The predicted octanol–water partition coefficient (Wildman–Crippen LogP) is 3.16. The van der Waals surface area contributed by atoms with Gasteiger partial charge in [0.05, 0.1) is 0 Å². The van der Waals surface area contributed by atoms with Gasteiger partial charge in [0.2, 0.25) is 0 Å². The van der Waals surface area contributed by atoms with Crippen molar-refractivity contribution >= 4 is 17.8 Å². The van der Waals surface area contributed by atoms with Crippen LogP contribution in [0.3, 0.4) is 0 Å². The first-order chi connectivity index (χ1) is 13.7. The van der Waals surface area contributed by atoms with E-state index in [2.05, 4.69) is 58.5 Å². The number of rotatable bonds is 7. The molecular weight excluding hydrogens is 350 g/mol.